The van der Waals surface area contributed by atoms with Gasteiger partial charge in [0, 0.05) is 6.61 Å². The summed E-state index contributed by atoms with van der Waals surface area (Å²) in [6.45, 7) is 4.42. The van der Waals surface area contributed by atoms with Gasteiger partial charge in [0.1, 0.15) is 6.10 Å². The van der Waals surface area contributed by atoms with Gasteiger partial charge in [-0.05, 0) is 24.9 Å². The van der Waals surface area contributed by atoms with Gasteiger partial charge in [0.05, 0.1) is 0 Å². The van der Waals surface area contributed by atoms with E-state index in [1.54, 1.807) is 6.92 Å². The van der Waals surface area contributed by atoms with E-state index in [4.69, 9.17) is 16.3 Å². The molecule has 0 bridgehead atoms. The summed E-state index contributed by atoms with van der Waals surface area (Å²) in [7, 11) is 0. The summed E-state index contributed by atoms with van der Waals surface area (Å²) in [6.07, 6.45) is 2.86. The van der Waals surface area contributed by atoms with Crippen molar-refractivity contribution in [1.82, 2.24) is 0 Å². The van der Waals surface area contributed by atoms with Crippen LogP contribution in [0, 0.1) is 0 Å². The zero-order valence-corrected chi connectivity index (χ0v) is 7.86. The van der Waals surface area contributed by atoms with Crippen LogP contribution < -0.4 is 0 Å². The highest BCUT2D eigenvalue weighted by Crippen LogP contribution is 2.00. The number of unbranched alkanes of at least 4 members (excludes halogenated alkanes) is 2. The van der Waals surface area contributed by atoms with Crippen LogP contribution in [0.4, 0.5) is 0 Å². The van der Waals surface area contributed by atoms with E-state index in [9.17, 15) is 4.79 Å². The summed E-state index contributed by atoms with van der Waals surface area (Å²) in [5, 5.41) is -0.415. The average molecular weight is 179 g/mol. The number of rotatable bonds is 6. The molecule has 0 rings (SSSR count). The first-order chi connectivity index (χ1) is 5.18. The normalized spacial score (nSPS) is 13.0. The number of hydrogen-bond acceptors (Lipinski definition) is 2. The largest absolute Gasteiger partial charge is 0.369 e. The molecule has 0 aromatic carbocycles. The molecule has 1 atom stereocenters. The van der Waals surface area contributed by atoms with Crippen LogP contribution in [0.2, 0.25) is 0 Å². The van der Waals surface area contributed by atoms with Crippen LogP contribution in [0.1, 0.15) is 33.1 Å². The molecule has 0 saturated heterocycles. The number of carbonyl (C=O) groups excluding carboxylic acids is 1. The highest BCUT2D eigenvalue weighted by Gasteiger charge is 2.08. The third-order valence-corrected chi connectivity index (χ3v) is 1.74. The fourth-order valence-electron chi connectivity index (χ4n) is 0.678. The smallest absolute Gasteiger partial charge is 0.250 e. The fourth-order valence-corrected chi connectivity index (χ4v) is 0.741. The first kappa shape index (κ1) is 10.9. The van der Waals surface area contributed by atoms with Crippen LogP contribution in [0.5, 0.6) is 0 Å². The SMILES string of the molecule is CCCCCOC(C)C(=O)Cl. The first-order valence-corrected chi connectivity index (χ1v) is 4.37. The summed E-state index contributed by atoms with van der Waals surface area (Å²) in [5.41, 5.74) is 0. The van der Waals surface area contributed by atoms with Gasteiger partial charge in [-0.2, -0.15) is 0 Å². The second-order valence-electron chi connectivity index (χ2n) is 2.52. The molecule has 1 unspecified atom stereocenters. The molecule has 0 saturated carbocycles. The minimum Gasteiger partial charge on any atom is -0.369 e. The van der Waals surface area contributed by atoms with E-state index >= 15 is 0 Å². The lowest BCUT2D eigenvalue weighted by Gasteiger charge is -2.06. The van der Waals surface area contributed by atoms with E-state index in [0.717, 1.165) is 19.3 Å². The van der Waals surface area contributed by atoms with Gasteiger partial charge in [-0.3, -0.25) is 4.79 Å². The van der Waals surface area contributed by atoms with Crippen molar-refractivity contribution in [2.24, 2.45) is 0 Å². The third-order valence-electron chi connectivity index (χ3n) is 1.44. The topological polar surface area (TPSA) is 26.3 Å². The summed E-state index contributed by atoms with van der Waals surface area (Å²) in [4.78, 5) is 10.4. The molecule has 66 valence electrons. The van der Waals surface area contributed by atoms with E-state index in [0.29, 0.717) is 6.61 Å². The molecule has 0 aromatic heterocycles. The van der Waals surface area contributed by atoms with Gasteiger partial charge in [-0.15, -0.1) is 0 Å². The lowest BCUT2D eigenvalue weighted by Crippen LogP contribution is -2.16. The maximum Gasteiger partial charge on any atom is 0.250 e. The van der Waals surface area contributed by atoms with Crippen LogP contribution in [0.25, 0.3) is 0 Å². The Morgan fingerprint density at radius 3 is 2.64 bits per heavy atom. The van der Waals surface area contributed by atoms with Crippen LogP contribution in [-0.2, 0) is 9.53 Å². The molecule has 0 aliphatic rings. The molecule has 3 heteroatoms. The minimum atomic E-state index is -0.450. The Kier molecular flexibility index (Phi) is 6.57. The molecule has 0 N–H and O–H groups in total. The Bertz CT molecular complexity index is 115. The number of carbonyl (C=O) groups is 1. The average Bonchev–Trinajstić information content (AvgIpc) is 1.97. The fraction of sp³-hybridized carbons (Fsp3) is 0.875. The Morgan fingerprint density at radius 1 is 1.55 bits per heavy atom. The summed E-state index contributed by atoms with van der Waals surface area (Å²) in [5.74, 6) is 0. The second-order valence-corrected chi connectivity index (χ2v) is 2.90. The molecular formula is C8H15ClO2. The second kappa shape index (κ2) is 6.62. The maximum atomic E-state index is 10.4. The molecule has 11 heavy (non-hydrogen) atoms. The standard InChI is InChI=1S/C8H15ClO2/c1-3-4-5-6-11-7(2)8(9)10/h7H,3-6H2,1-2H3. The van der Waals surface area contributed by atoms with Crippen molar-refractivity contribution in [2.45, 2.75) is 39.2 Å². The molecule has 0 aromatic rings. The van der Waals surface area contributed by atoms with Gasteiger partial charge in [0.2, 0.25) is 5.24 Å². The van der Waals surface area contributed by atoms with Crippen molar-refractivity contribution in [3.8, 4) is 0 Å². The molecule has 0 aliphatic heterocycles. The van der Waals surface area contributed by atoms with Crippen LogP contribution in [-0.4, -0.2) is 18.0 Å². The van der Waals surface area contributed by atoms with Gasteiger partial charge in [0.15, 0.2) is 0 Å². The molecular weight excluding hydrogens is 164 g/mol. The van der Waals surface area contributed by atoms with Crippen molar-refractivity contribution in [3.63, 3.8) is 0 Å². The van der Waals surface area contributed by atoms with Crippen molar-refractivity contribution in [2.75, 3.05) is 6.61 Å². The monoisotopic (exact) mass is 178 g/mol. The van der Waals surface area contributed by atoms with E-state index in [1.807, 2.05) is 0 Å². The number of ether oxygens (including phenoxy) is 1. The molecule has 0 spiro atoms. The van der Waals surface area contributed by atoms with Crippen molar-refractivity contribution >= 4 is 16.8 Å². The predicted octanol–water partition coefficient (Wildman–Crippen LogP) is 2.35. The molecule has 0 amide bonds. The number of hydrogen-bond donors (Lipinski definition) is 0. The predicted molar refractivity (Wildman–Crippen MR) is 45.8 cm³/mol. The maximum absolute atomic E-state index is 10.4. The number of halogens is 1. The van der Waals surface area contributed by atoms with E-state index in [1.165, 1.54) is 0 Å². The Hall–Kier alpha value is -0.0800. The lowest BCUT2D eigenvalue weighted by atomic mass is 10.3. The van der Waals surface area contributed by atoms with E-state index in [-0.39, 0.29) is 0 Å². The van der Waals surface area contributed by atoms with E-state index in [2.05, 4.69) is 6.92 Å². The van der Waals surface area contributed by atoms with E-state index < -0.39 is 11.3 Å². The van der Waals surface area contributed by atoms with Gasteiger partial charge in [-0.25, -0.2) is 0 Å². The van der Waals surface area contributed by atoms with Gasteiger partial charge >= 0.3 is 0 Å². The zero-order valence-electron chi connectivity index (χ0n) is 7.10. The lowest BCUT2D eigenvalue weighted by molar-refractivity contribution is -0.121. The molecule has 0 heterocycles. The molecule has 0 radical (unpaired) electrons. The van der Waals surface area contributed by atoms with Crippen LogP contribution in [0.3, 0.4) is 0 Å². The summed E-state index contributed by atoms with van der Waals surface area (Å²) < 4.78 is 5.12. The molecule has 2 nitrogen and oxygen atoms in total. The molecule has 0 fully saturated rings. The van der Waals surface area contributed by atoms with Gasteiger partial charge in [0.25, 0.3) is 0 Å². The van der Waals surface area contributed by atoms with Crippen LogP contribution >= 0.6 is 11.6 Å². The van der Waals surface area contributed by atoms with Crippen LogP contribution in [0.15, 0.2) is 0 Å². The third kappa shape index (κ3) is 6.32. The van der Waals surface area contributed by atoms with Crippen molar-refractivity contribution < 1.29 is 9.53 Å². The Morgan fingerprint density at radius 2 is 2.18 bits per heavy atom. The summed E-state index contributed by atoms with van der Waals surface area (Å²) >= 11 is 5.18. The quantitative estimate of drug-likeness (QED) is 0.461. The first-order valence-electron chi connectivity index (χ1n) is 3.99. The molecule has 0 aliphatic carbocycles. The van der Waals surface area contributed by atoms with Gasteiger partial charge < -0.3 is 4.74 Å². The highest BCUT2D eigenvalue weighted by molar-refractivity contribution is 6.64. The zero-order chi connectivity index (χ0) is 8.69. The Labute approximate surface area is 72.9 Å². The highest BCUT2D eigenvalue weighted by atomic mass is 35.5. The Balaban J connectivity index is 3.17. The van der Waals surface area contributed by atoms with Gasteiger partial charge in [-0.1, -0.05) is 19.8 Å². The summed E-state index contributed by atoms with van der Waals surface area (Å²) in [6, 6.07) is 0. The minimum absolute atomic E-state index is 0.415. The van der Waals surface area contributed by atoms with Crippen molar-refractivity contribution in [1.29, 1.82) is 0 Å². The van der Waals surface area contributed by atoms with Crippen molar-refractivity contribution in [3.05, 3.63) is 0 Å².